The van der Waals surface area contributed by atoms with Gasteiger partial charge in [-0.15, -0.1) is 0 Å². The zero-order valence-corrected chi connectivity index (χ0v) is 22.5. The Morgan fingerprint density at radius 3 is 2.45 bits per heavy atom. The van der Waals surface area contributed by atoms with Crippen molar-refractivity contribution < 1.29 is 31.9 Å². The van der Waals surface area contributed by atoms with Gasteiger partial charge in [-0.3, -0.25) is 24.6 Å². The molecule has 0 aliphatic carbocycles. The Morgan fingerprint density at radius 2 is 1.68 bits per heavy atom. The fourth-order valence-electron chi connectivity index (χ4n) is 4.20. The van der Waals surface area contributed by atoms with Crippen molar-refractivity contribution >= 4 is 55.6 Å². The Hall–Kier alpha value is -4.68. The lowest BCUT2D eigenvalue weighted by atomic mass is 10.1. The molecule has 5 rings (SSSR count). The molecule has 0 atom stereocenters. The first-order chi connectivity index (χ1) is 19.2. The van der Waals surface area contributed by atoms with Crippen LogP contribution in [0.3, 0.4) is 0 Å². The van der Waals surface area contributed by atoms with Gasteiger partial charge in [0.2, 0.25) is 0 Å². The molecule has 4 aromatic rings. The molecule has 0 N–H and O–H groups in total. The van der Waals surface area contributed by atoms with Gasteiger partial charge in [-0.25, -0.2) is 0 Å². The molecule has 0 unspecified atom stereocenters. The summed E-state index contributed by atoms with van der Waals surface area (Å²) in [5, 5.41) is 12.0. The highest BCUT2D eigenvalue weighted by Gasteiger charge is 2.36. The normalized spacial score (nSPS) is 14.6. The fourth-order valence-corrected chi connectivity index (χ4v) is 6.20. The van der Waals surface area contributed by atoms with Gasteiger partial charge in [-0.2, -0.15) is 8.42 Å². The standard InChI is InChI=1S/C28H20N2O8S2/c1-37-24-15-18(13-14-23(24)38-40(35,36)26-12-6-9-19-7-2-4-10-21(19)26)16-25-27(31)29(28(32)39-25)17-20-8-3-5-11-22(20)30(33)34/h2-16H,17H2,1H3/b25-16-. The lowest BCUT2D eigenvalue weighted by Crippen LogP contribution is -2.27. The maximum atomic E-state index is 13.2. The first-order valence-corrected chi connectivity index (χ1v) is 14.0. The van der Waals surface area contributed by atoms with Crippen LogP contribution in [0, 0.1) is 10.1 Å². The number of fused-ring (bicyclic) bond motifs is 1. The van der Waals surface area contributed by atoms with Crippen LogP contribution >= 0.6 is 11.8 Å². The van der Waals surface area contributed by atoms with Gasteiger partial charge >= 0.3 is 10.1 Å². The number of hydrogen-bond donors (Lipinski definition) is 0. The van der Waals surface area contributed by atoms with Crippen molar-refractivity contribution in [3.8, 4) is 11.5 Å². The van der Waals surface area contributed by atoms with Gasteiger partial charge in [-0.1, -0.05) is 60.7 Å². The van der Waals surface area contributed by atoms with Crippen LogP contribution < -0.4 is 8.92 Å². The predicted molar refractivity (Wildman–Crippen MR) is 149 cm³/mol. The number of carbonyl (C=O) groups is 2. The van der Waals surface area contributed by atoms with E-state index in [1.54, 1.807) is 36.4 Å². The summed E-state index contributed by atoms with van der Waals surface area (Å²) in [6.45, 7) is -0.249. The zero-order valence-electron chi connectivity index (χ0n) is 20.8. The van der Waals surface area contributed by atoms with E-state index in [9.17, 15) is 28.1 Å². The molecule has 1 aliphatic heterocycles. The van der Waals surface area contributed by atoms with Crippen LogP contribution in [0.5, 0.6) is 11.5 Å². The molecule has 1 fully saturated rings. The average Bonchev–Trinajstić information content (AvgIpc) is 3.20. The first kappa shape index (κ1) is 26.9. The van der Waals surface area contributed by atoms with E-state index in [4.69, 9.17) is 8.92 Å². The van der Waals surface area contributed by atoms with Crippen molar-refractivity contribution in [3.05, 3.63) is 111 Å². The van der Waals surface area contributed by atoms with Gasteiger partial charge < -0.3 is 8.92 Å². The topological polar surface area (TPSA) is 133 Å². The van der Waals surface area contributed by atoms with Gasteiger partial charge in [-0.05, 0) is 47.0 Å². The number of imide groups is 1. The van der Waals surface area contributed by atoms with Crippen LogP contribution in [-0.4, -0.2) is 36.5 Å². The molecule has 10 nitrogen and oxygen atoms in total. The maximum absolute atomic E-state index is 13.2. The van der Waals surface area contributed by atoms with Crippen molar-refractivity contribution in [2.24, 2.45) is 0 Å². The smallest absolute Gasteiger partial charge is 0.339 e. The number of nitro benzene ring substituents is 1. The third-order valence-corrected chi connectivity index (χ3v) is 8.30. The Kier molecular flexibility index (Phi) is 7.28. The summed E-state index contributed by atoms with van der Waals surface area (Å²) in [6, 6.07) is 22.2. The van der Waals surface area contributed by atoms with Crippen LogP contribution in [0.4, 0.5) is 10.5 Å². The number of ether oxygens (including phenoxy) is 1. The summed E-state index contributed by atoms with van der Waals surface area (Å²) in [4.78, 5) is 37.4. The molecule has 4 aromatic carbocycles. The second-order valence-corrected chi connectivity index (χ2v) is 11.1. The number of methoxy groups -OCH3 is 1. The SMILES string of the molecule is COc1cc(/C=C2\SC(=O)N(Cc3ccccc3[N+](=O)[O-])C2=O)ccc1OS(=O)(=O)c1cccc2ccccc12. The predicted octanol–water partition coefficient (Wildman–Crippen LogP) is 5.76. The second kappa shape index (κ2) is 10.8. The largest absolute Gasteiger partial charge is 0.493 e. The van der Waals surface area contributed by atoms with Crippen molar-refractivity contribution in [3.63, 3.8) is 0 Å². The zero-order chi connectivity index (χ0) is 28.4. The molecule has 0 aromatic heterocycles. The number of nitro groups is 1. The summed E-state index contributed by atoms with van der Waals surface area (Å²) in [7, 11) is -2.88. The molecular weight excluding hydrogens is 556 g/mol. The first-order valence-electron chi connectivity index (χ1n) is 11.8. The number of benzene rings is 4. The Balaban J connectivity index is 1.39. The van der Waals surface area contributed by atoms with E-state index in [2.05, 4.69) is 0 Å². The van der Waals surface area contributed by atoms with E-state index < -0.39 is 26.2 Å². The summed E-state index contributed by atoms with van der Waals surface area (Å²) in [5.74, 6) is -0.570. The third kappa shape index (κ3) is 5.26. The molecular formula is C28H20N2O8S2. The minimum Gasteiger partial charge on any atom is -0.493 e. The Bertz CT molecular complexity index is 1810. The van der Waals surface area contributed by atoms with E-state index in [0.29, 0.717) is 22.7 Å². The fraction of sp³-hybridized carbons (Fsp3) is 0.0714. The van der Waals surface area contributed by atoms with Crippen LogP contribution in [0.2, 0.25) is 0 Å². The van der Waals surface area contributed by atoms with Gasteiger partial charge in [0.25, 0.3) is 16.8 Å². The van der Waals surface area contributed by atoms with Crippen LogP contribution in [0.25, 0.3) is 16.8 Å². The van der Waals surface area contributed by atoms with Crippen molar-refractivity contribution in [2.75, 3.05) is 7.11 Å². The van der Waals surface area contributed by atoms with Gasteiger partial charge in [0.05, 0.1) is 23.5 Å². The number of thioether (sulfide) groups is 1. The minimum atomic E-state index is -4.22. The number of rotatable bonds is 8. The molecule has 202 valence electrons. The third-order valence-electron chi connectivity index (χ3n) is 6.09. The minimum absolute atomic E-state index is 0.00376. The van der Waals surface area contributed by atoms with Gasteiger partial charge in [0.15, 0.2) is 11.5 Å². The molecule has 1 heterocycles. The Morgan fingerprint density at radius 1 is 0.950 bits per heavy atom. The van der Waals surface area contributed by atoms with Crippen LogP contribution in [-0.2, 0) is 21.5 Å². The highest BCUT2D eigenvalue weighted by molar-refractivity contribution is 8.18. The molecule has 40 heavy (non-hydrogen) atoms. The van der Waals surface area contributed by atoms with E-state index in [-0.39, 0.29) is 39.1 Å². The quantitative estimate of drug-likeness (QED) is 0.111. The average molecular weight is 577 g/mol. The molecule has 0 spiro atoms. The lowest BCUT2D eigenvalue weighted by molar-refractivity contribution is -0.385. The number of hydrogen-bond acceptors (Lipinski definition) is 9. The maximum Gasteiger partial charge on any atom is 0.339 e. The summed E-state index contributed by atoms with van der Waals surface area (Å²) in [6.07, 6.45) is 1.45. The van der Waals surface area contributed by atoms with E-state index in [1.807, 2.05) is 6.07 Å². The summed E-state index contributed by atoms with van der Waals surface area (Å²) >= 11 is 0.697. The van der Waals surface area contributed by atoms with Crippen molar-refractivity contribution in [1.29, 1.82) is 0 Å². The summed E-state index contributed by atoms with van der Waals surface area (Å²) in [5.41, 5.74) is 0.485. The monoisotopic (exact) mass is 576 g/mol. The van der Waals surface area contributed by atoms with Crippen LogP contribution in [0.15, 0.2) is 94.7 Å². The summed E-state index contributed by atoms with van der Waals surface area (Å²) < 4.78 is 37.1. The lowest BCUT2D eigenvalue weighted by Gasteiger charge is -2.13. The van der Waals surface area contributed by atoms with Crippen LogP contribution in [0.1, 0.15) is 11.1 Å². The molecule has 1 aliphatic rings. The second-order valence-electron chi connectivity index (χ2n) is 8.58. The van der Waals surface area contributed by atoms with Crippen molar-refractivity contribution in [1.82, 2.24) is 4.90 Å². The van der Waals surface area contributed by atoms with Crippen molar-refractivity contribution in [2.45, 2.75) is 11.4 Å². The Labute approximate surface area is 233 Å². The van der Waals surface area contributed by atoms with Gasteiger partial charge in [0, 0.05) is 17.0 Å². The number of nitrogens with zero attached hydrogens (tertiary/aromatic N) is 2. The van der Waals surface area contributed by atoms with E-state index in [0.717, 1.165) is 10.3 Å². The number of para-hydroxylation sites is 1. The molecule has 0 radical (unpaired) electrons. The highest BCUT2D eigenvalue weighted by atomic mass is 32.2. The highest BCUT2D eigenvalue weighted by Crippen LogP contribution is 2.37. The molecule has 0 bridgehead atoms. The molecule has 0 saturated carbocycles. The van der Waals surface area contributed by atoms with Gasteiger partial charge in [0.1, 0.15) is 4.90 Å². The van der Waals surface area contributed by atoms with E-state index in [1.165, 1.54) is 55.7 Å². The molecule has 2 amide bonds. The number of carbonyl (C=O) groups excluding carboxylic acids is 2. The number of amides is 2. The van der Waals surface area contributed by atoms with E-state index >= 15 is 0 Å². The molecule has 12 heteroatoms. The molecule has 1 saturated heterocycles.